The third kappa shape index (κ3) is 2.39. The van der Waals surface area contributed by atoms with Crippen LogP contribution in [0.1, 0.15) is 23.6 Å². The Balaban J connectivity index is 1.74. The summed E-state index contributed by atoms with van der Waals surface area (Å²) in [6.07, 6.45) is 2.04. The minimum Gasteiger partial charge on any atom is -0.321 e. The van der Waals surface area contributed by atoms with Crippen LogP contribution in [0.4, 0.5) is 10.5 Å². The summed E-state index contributed by atoms with van der Waals surface area (Å²) in [5, 5.41) is 2.94. The minimum absolute atomic E-state index is 0.0575. The molecule has 2 amide bonds. The predicted octanol–water partition coefficient (Wildman–Crippen LogP) is 3.84. The molecule has 0 saturated carbocycles. The first-order valence-electron chi connectivity index (χ1n) is 6.92. The Morgan fingerprint density at radius 1 is 1.10 bits per heavy atom. The lowest BCUT2D eigenvalue weighted by Gasteiger charge is -2.25. The summed E-state index contributed by atoms with van der Waals surface area (Å²) in [5.74, 6) is 0. The van der Waals surface area contributed by atoms with Gasteiger partial charge >= 0.3 is 6.03 Å². The lowest BCUT2D eigenvalue weighted by atomic mass is 10.1. The molecule has 0 fully saturated rings. The van der Waals surface area contributed by atoms with E-state index in [9.17, 15) is 4.79 Å². The highest BCUT2D eigenvalue weighted by Crippen LogP contribution is 2.34. The van der Waals surface area contributed by atoms with Crippen molar-refractivity contribution in [2.24, 2.45) is 0 Å². The first-order valence-corrected chi connectivity index (χ1v) is 6.92. The molecule has 1 unspecified atom stereocenters. The van der Waals surface area contributed by atoms with Gasteiger partial charge in [0.15, 0.2) is 0 Å². The van der Waals surface area contributed by atoms with Crippen molar-refractivity contribution in [2.75, 3.05) is 12.4 Å². The Hall–Kier alpha value is -2.29. The summed E-state index contributed by atoms with van der Waals surface area (Å²) >= 11 is 0. The summed E-state index contributed by atoms with van der Waals surface area (Å²) in [6, 6.07) is 18.1. The van der Waals surface area contributed by atoms with E-state index in [4.69, 9.17) is 0 Å². The van der Waals surface area contributed by atoms with E-state index >= 15 is 0 Å². The summed E-state index contributed by atoms with van der Waals surface area (Å²) in [4.78, 5) is 14.1. The minimum atomic E-state index is -0.0575. The van der Waals surface area contributed by atoms with E-state index in [1.165, 1.54) is 11.1 Å². The molecule has 0 bridgehead atoms. The molecule has 0 spiro atoms. The summed E-state index contributed by atoms with van der Waals surface area (Å²) in [6.45, 7) is 0. The van der Waals surface area contributed by atoms with Gasteiger partial charge in [0.2, 0.25) is 0 Å². The molecule has 3 rings (SSSR count). The van der Waals surface area contributed by atoms with E-state index in [1.54, 1.807) is 4.90 Å². The fourth-order valence-electron chi connectivity index (χ4n) is 2.81. The van der Waals surface area contributed by atoms with E-state index in [0.29, 0.717) is 0 Å². The van der Waals surface area contributed by atoms with Crippen LogP contribution < -0.4 is 5.32 Å². The van der Waals surface area contributed by atoms with Crippen LogP contribution in [0.5, 0.6) is 0 Å². The number of amides is 2. The number of hydrogen-bond acceptors (Lipinski definition) is 1. The van der Waals surface area contributed by atoms with E-state index in [1.807, 2.05) is 43.4 Å². The smallest absolute Gasteiger partial charge is 0.321 e. The molecule has 0 aliphatic heterocycles. The number of carbonyl (C=O) groups is 1. The van der Waals surface area contributed by atoms with Crippen LogP contribution in [0, 0.1) is 0 Å². The molecule has 20 heavy (non-hydrogen) atoms. The molecule has 2 aromatic rings. The number of nitrogens with one attached hydrogen (secondary N) is 1. The van der Waals surface area contributed by atoms with Crippen molar-refractivity contribution < 1.29 is 4.79 Å². The number of benzene rings is 2. The maximum Gasteiger partial charge on any atom is 0.322 e. The second-order valence-electron chi connectivity index (χ2n) is 5.16. The number of urea groups is 1. The van der Waals surface area contributed by atoms with Gasteiger partial charge in [-0.2, -0.15) is 0 Å². The van der Waals surface area contributed by atoms with Crippen LogP contribution in [0.2, 0.25) is 0 Å². The van der Waals surface area contributed by atoms with Gasteiger partial charge in [-0.3, -0.25) is 0 Å². The second kappa shape index (κ2) is 5.37. The molecule has 0 saturated heterocycles. The third-order valence-electron chi connectivity index (χ3n) is 3.91. The fourth-order valence-corrected chi connectivity index (χ4v) is 2.81. The average Bonchev–Trinajstić information content (AvgIpc) is 2.91. The molecule has 1 N–H and O–H groups in total. The topological polar surface area (TPSA) is 32.3 Å². The van der Waals surface area contributed by atoms with Gasteiger partial charge in [0.25, 0.3) is 0 Å². The molecular weight excluding hydrogens is 248 g/mol. The molecule has 0 heterocycles. The van der Waals surface area contributed by atoms with Crippen molar-refractivity contribution in [3.63, 3.8) is 0 Å². The van der Waals surface area contributed by atoms with Crippen molar-refractivity contribution in [2.45, 2.75) is 18.9 Å². The average molecular weight is 266 g/mol. The number of nitrogens with zero attached hydrogens (tertiary/aromatic N) is 1. The van der Waals surface area contributed by atoms with Crippen molar-refractivity contribution >= 4 is 11.7 Å². The van der Waals surface area contributed by atoms with Crippen molar-refractivity contribution in [1.29, 1.82) is 0 Å². The number of fused-ring (bicyclic) bond motifs is 1. The highest BCUT2D eigenvalue weighted by atomic mass is 16.2. The first-order chi connectivity index (χ1) is 9.75. The number of para-hydroxylation sites is 1. The van der Waals surface area contributed by atoms with Gasteiger partial charge in [0.05, 0.1) is 6.04 Å². The number of carbonyl (C=O) groups excluding carboxylic acids is 1. The normalized spacial score (nSPS) is 16.6. The van der Waals surface area contributed by atoms with Gasteiger partial charge < -0.3 is 10.2 Å². The van der Waals surface area contributed by atoms with Gasteiger partial charge in [-0.15, -0.1) is 0 Å². The van der Waals surface area contributed by atoms with Gasteiger partial charge in [-0.1, -0.05) is 42.5 Å². The lowest BCUT2D eigenvalue weighted by Crippen LogP contribution is -2.33. The second-order valence-corrected chi connectivity index (χ2v) is 5.16. The monoisotopic (exact) mass is 266 g/mol. The zero-order chi connectivity index (χ0) is 13.9. The molecule has 0 aromatic heterocycles. The Labute approximate surface area is 119 Å². The molecule has 1 atom stereocenters. The zero-order valence-corrected chi connectivity index (χ0v) is 11.5. The maximum atomic E-state index is 12.3. The van der Waals surface area contributed by atoms with Gasteiger partial charge in [0.1, 0.15) is 0 Å². The Bertz CT molecular complexity index is 609. The van der Waals surface area contributed by atoms with E-state index in [2.05, 4.69) is 23.5 Å². The molecule has 3 heteroatoms. The Morgan fingerprint density at radius 2 is 1.80 bits per heavy atom. The van der Waals surface area contributed by atoms with E-state index in [-0.39, 0.29) is 12.1 Å². The largest absolute Gasteiger partial charge is 0.322 e. The molecule has 2 aromatic carbocycles. The van der Waals surface area contributed by atoms with E-state index < -0.39 is 0 Å². The number of anilines is 1. The zero-order valence-electron chi connectivity index (χ0n) is 11.5. The maximum absolute atomic E-state index is 12.3. The number of hydrogen-bond donors (Lipinski definition) is 1. The molecule has 0 radical (unpaired) electrons. The van der Waals surface area contributed by atoms with Crippen molar-refractivity contribution in [3.8, 4) is 0 Å². The Kier molecular flexibility index (Phi) is 3.42. The highest BCUT2D eigenvalue weighted by Gasteiger charge is 2.28. The summed E-state index contributed by atoms with van der Waals surface area (Å²) < 4.78 is 0. The van der Waals surface area contributed by atoms with Crippen molar-refractivity contribution in [3.05, 3.63) is 65.7 Å². The quantitative estimate of drug-likeness (QED) is 0.880. The Morgan fingerprint density at radius 3 is 2.60 bits per heavy atom. The standard InChI is InChI=1S/C17H18N2O/c1-19(17(20)18-14-8-3-2-4-9-14)16-12-11-13-7-5-6-10-15(13)16/h2-10,16H,11-12H2,1H3,(H,18,20). The van der Waals surface area contributed by atoms with Gasteiger partial charge in [-0.25, -0.2) is 4.79 Å². The van der Waals surface area contributed by atoms with Crippen LogP contribution in [0.15, 0.2) is 54.6 Å². The van der Waals surface area contributed by atoms with E-state index in [0.717, 1.165) is 18.5 Å². The van der Waals surface area contributed by atoms with Crippen LogP contribution >= 0.6 is 0 Å². The molecule has 3 nitrogen and oxygen atoms in total. The van der Waals surface area contributed by atoms with Gasteiger partial charge in [-0.05, 0) is 36.1 Å². The van der Waals surface area contributed by atoms with Crippen LogP contribution in [-0.4, -0.2) is 18.0 Å². The van der Waals surface area contributed by atoms with Crippen LogP contribution in [0.25, 0.3) is 0 Å². The third-order valence-corrected chi connectivity index (χ3v) is 3.91. The van der Waals surface area contributed by atoms with Crippen molar-refractivity contribution in [1.82, 2.24) is 4.90 Å². The summed E-state index contributed by atoms with van der Waals surface area (Å²) in [7, 11) is 1.87. The highest BCUT2D eigenvalue weighted by molar-refractivity contribution is 5.89. The number of aryl methyl sites for hydroxylation is 1. The molecular formula is C17H18N2O. The number of rotatable bonds is 2. The molecule has 1 aliphatic rings. The SMILES string of the molecule is CN(C(=O)Nc1ccccc1)C1CCc2ccccc21. The first kappa shape index (κ1) is 12.7. The molecule has 102 valence electrons. The van der Waals surface area contributed by atoms with Gasteiger partial charge in [0, 0.05) is 12.7 Å². The lowest BCUT2D eigenvalue weighted by molar-refractivity contribution is 0.204. The summed E-state index contributed by atoms with van der Waals surface area (Å²) in [5.41, 5.74) is 3.46. The fraction of sp³-hybridized carbons (Fsp3) is 0.235. The van der Waals surface area contributed by atoms with Crippen LogP contribution in [0.3, 0.4) is 0 Å². The van der Waals surface area contributed by atoms with Crippen LogP contribution in [-0.2, 0) is 6.42 Å². The molecule has 1 aliphatic carbocycles. The predicted molar refractivity (Wildman–Crippen MR) is 80.7 cm³/mol.